The van der Waals surface area contributed by atoms with Crippen molar-refractivity contribution in [2.24, 2.45) is 5.73 Å². The first-order valence-corrected chi connectivity index (χ1v) is 8.18. The average molecular weight is 352 g/mol. The van der Waals surface area contributed by atoms with Crippen molar-refractivity contribution in [1.29, 1.82) is 0 Å². The summed E-state index contributed by atoms with van der Waals surface area (Å²) >= 11 is 1.28. The molecule has 0 spiro atoms. The number of para-hydroxylation sites is 1. The Balaban J connectivity index is 1.56. The molecule has 0 aliphatic rings. The van der Waals surface area contributed by atoms with Gasteiger partial charge in [-0.15, -0.1) is 11.3 Å². The largest absolute Gasteiger partial charge is 0.364 e. The van der Waals surface area contributed by atoms with Gasteiger partial charge in [0.25, 0.3) is 11.8 Å². The monoisotopic (exact) mass is 352 g/mol. The number of nitrogens with zero attached hydrogens (tertiary/aromatic N) is 2. The van der Waals surface area contributed by atoms with Crippen molar-refractivity contribution in [2.75, 3.05) is 5.32 Å². The Morgan fingerprint density at radius 3 is 2.88 bits per heavy atom. The summed E-state index contributed by atoms with van der Waals surface area (Å²) in [6.07, 6.45) is 1.64. The molecule has 0 radical (unpaired) electrons. The molecule has 3 aromatic heterocycles. The molecule has 0 aliphatic carbocycles. The molecule has 9 heteroatoms. The van der Waals surface area contributed by atoms with Crippen molar-refractivity contribution in [3.8, 4) is 11.3 Å². The maximum absolute atomic E-state index is 12.4. The Kier molecular flexibility index (Phi) is 3.55. The number of nitrogens with two attached hydrogens (primary N) is 1. The lowest BCUT2D eigenvalue weighted by molar-refractivity contribution is 0.0993. The molecule has 5 N–H and O–H groups in total. The van der Waals surface area contributed by atoms with Crippen LogP contribution >= 0.6 is 11.3 Å². The molecule has 1 aromatic carbocycles. The van der Waals surface area contributed by atoms with Crippen LogP contribution in [0.5, 0.6) is 0 Å². The highest BCUT2D eigenvalue weighted by molar-refractivity contribution is 7.14. The minimum absolute atomic E-state index is 0.302. The third-order valence-electron chi connectivity index (χ3n) is 3.65. The van der Waals surface area contributed by atoms with E-state index in [1.54, 1.807) is 17.6 Å². The van der Waals surface area contributed by atoms with Crippen LogP contribution in [0.2, 0.25) is 0 Å². The maximum Gasteiger partial charge on any atom is 0.278 e. The summed E-state index contributed by atoms with van der Waals surface area (Å²) in [6, 6.07) is 9.00. The van der Waals surface area contributed by atoms with Gasteiger partial charge < -0.3 is 10.7 Å². The van der Waals surface area contributed by atoms with Gasteiger partial charge in [-0.25, -0.2) is 4.98 Å². The number of thiazole rings is 1. The highest BCUT2D eigenvalue weighted by Crippen LogP contribution is 2.26. The van der Waals surface area contributed by atoms with Crippen molar-refractivity contribution in [1.82, 2.24) is 20.2 Å². The number of carbonyl (C=O) groups is 2. The van der Waals surface area contributed by atoms with Gasteiger partial charge in [0.05, 0.1) is 11.2 Å². The second kappa shape index (κ2) is 5.87. The topological polar surface area (TPSA) is 130 Å². The van der Waals surface area contributed by atoms with E-state index >= 15 is 0 Å². The van der Waals surface area contributed by atoms with Crippen LogP contribution in [-0.2, 0) is 0 Å². The summed E-state index contributed by atoms with van der Waals surface area (Å²) in [5.74, 6) is -0.884. The van der Waals surface area contributed by atoms with Gasteiger partial charge in [0, 0.05) is 22.5 Å². The zero-order valence-corrected chi connectivity index (χ0v) is 13.6. The van der Waals surface area contributed by atoms with Crippen LogP contribution in [0.3, 0.4) is 0 Å². The highest BCUT2D eigenvalue weighted by Gasteiger charge is 2.16. The Bertz CT molecular complexity index is 1090. The number of carbonyl (C=O) groups excluding carboxylic acids is 2. The summed E-state index contributed by atoms with van der Waals surface area (Å²) in [5.41, 5.74) is 7.98. The van der Waals surface area contributed by atoms with Gasteiger partial charge in [0.1, 0.15) is 5.69 Å². The summed E-state index contributed by atoms with van der Waals surface area (Å²) < 4.78 is 0. The van der Waals surface area contributed by atoms with Crippen LogP contribution in [0.15, 0.2) is 41.9 Å². The summed E-state index contributed by atoms with van der Waals surface area (Å²) in [5, 5.41) is 12.6. The fourth-order valence-electron chi connectivity index (χ4n) is 2.44. The van der Waals surface area contributed by atoms with Crippen molar-refractivity contribution in [3.05, 3.63) is 53.3 Å². The number of benzene rings is 1. The number of hydrogen-bond acceptors (Lipinski definition) is 5. The van der Waals surface area contributed by atoms with Gasteiger partial charge in [-0.05, 0) is 12.1 Å². The fourth-order valence-corrected chi connectivity index (χ4v) is 3.16. The van der Waals surface area contributed by atoms with E-state index in [4.69, 9.17) is 5.73 Å². The Labute approximate surface area is 145 Å². The first-order chi connectivity index (χ1) is 12.1. The lowest BCUT2D eigenvalue weighted by atomic mass is 10.2. The van der Waals surface area contributed by atoms with Crippen LogP contribution in [0.4, 0.5) is 5.13 Å². The van der Waals surface area contributed by atoms with Crippen LogP contribution in [-0.4, -0.2) is 32.0 Å². The quantitative estimate of drug-likeness (QED) is 0.449. The smallest absolute Gasteiger partial charge is 0.278 e. The van der Waals surface area contributed by atoms with Crippen molar-refractivity contribution < 1.29 is 9.59 Å². The third-order valence-corrected chi connectivity index (χ3v) is 4.41. The molecule has 0 saturated carbocycles. The predicted octanol–water partition coefficient (Wildman–Crippen LogP) is 2.37. The number of fused-ring (bicyclic) bond motifs is 1. The van der Waals surface area contributed by atoms with E-state index in [-0.39, 0.29) is 5.91 Å². The average Bonchev–Trinajstić information content (AvgIpc) is 3.33. The first-order valence-electron chi connectivity index (χ1n) is 7.30. The Hall–Kier alpha value is -3.46. The molecule has 0 saturated heterocycles. The van der Waals surface area contributed by atoms with Gasteiger partial charge in [-0.2, -0.15) is 5.10 Å². The molecule has 4 rings (SSSR count). The number of aromatic amines is 2. The Morgan fingerprint density at radius 2 is 2.08 bits per heavy atom. The molecule has 0 aliphatic heterocycles. The normalized spacial score (nSPS) is 10.9. The molecule has 2 amide bonds. The summed E-state index contributed by atoms with van der Waals surface area (Å²) in [7, 11) is 0. The molecule has 3 heterocycles. The highest BCUT2D eigenvalue weighted by atomic mass is 32.1. The predicted molar refractivity (Wildman–Crippen MR) is 94.5 cm³/mol. The number of rotatable bonds is 4. The third kappa shape index (κ3) is 2.76. The van der Waals surface area contributed by atoms with Crippen LogP contribution in [0.1, 0.15) is 21.0 Å². The van der Waals surface area contributed by atoms with E-state index in [1.165, 1.54) is 11.3 Å². The molecule has 25 heavy (non-hydrogen) atoms. The molecular formula is C16H12N6O2S. The van der Waals surface area contributed by atoms with E-state index in [0.29, 0.717) is 22.2 Å². The van der Waals surface area contributed by atoms with Gasteiger partial charge in [-0.1, -0.05) is 18.2 Å². The van der Waals surface area contributed by atoms with Crippen molar-refractivity contribution in [3.63, 3.8) is 0 Å². The summed E-state index contributed by atoms with van der Waals surface area (Å²) in [6.45, 7) is 0. The van der Waals surface area contributed by atoms with Gasteiger partial charge in [0.2, 0.25) is 0 Å². The van der Waals surface area contributed by atoms with Crippen molar-refractivity contribution in [2.45, 2.75) is 0 Å². The molecule has 4 aromatic rings. The molecular weight excluding hydrogens is 340 g/mol. The zero-order valence-electron chi connectivity index (χ0n) is 12.7. The van der Waals surface area contributed by atoms with Crippen LogP contribution in [0.25, 0.3) is 22.2 Å². The van der Waals surface area contributed by atoms with Gasteiger partial charge in [0.15, 0.2) is 10.8 Å². The SMILES string of the molecule is NC(=O)c1cc(-c2csc(NC(=O)c3n[nH]c4ccccc34)n2)c[nH]1. The van der Waals surface area contributed by atoms with E-state index in [0.717, 1.165) is 16.5 Å². The number of amides is 2. The molecule has 0 bridgehead atoms. The van der Waals surface area contributed by atoms with E-state index in [9.17, 15) is 9.59 Å². The molecule has 0 unspecified atom stereocenters. The first kappa shape index (κ1) is 15.1. The minimum atomic E-state index is -0.541. The number of nitrogens with one attached hydrogen (secondary N) is 3. The molecule has 0 fully saturated rings. The van der Waals surface area contributed by atoms with Gasteiger partial charge in [-0.3, -0.25) is 20.0 Å². The molecule has 124 valence electrons. The van der Waals surface area contributed by atoms with Crippen molar-refractivity contribution >= 4 is 39.2 Å². The number of hydrogen-bond donors (Lipinski definition) is 4. The lowest BCUT2D eigenvalue weighted by Gasteiger charge is -1.98. The Morgan fingerprint density at radius 1 is 1.24 bits per heavy atom. The van der Waals surface area contributed by atoms with Gasteiger partial charge >= 0.3 is 0 Å². The van der Waals surface area contributed by atoms with Crippen LogP contribution < -0.4 is 11.1 Å². The number of aromatic nitrogens is 4. The number of primary amides is 1. The second-order valence-corrected chi connectivity index (χ2v) is 6.13. The maximum atomic E-state index is 12.4. The molecule has 8 nitrogen and oxygen atoms in total. The minimum Gasteiger partial charge on any atom is -0.364 e. The second-order valence-electron chi connectivity index (χ2n) is 5.28. The number of anilines is 1. The van der Waals surface area contributed by atoms with Crippen LogP contribution in [0, 0.1) is 0 Å². The summed E-state index contributed by atoms with van der Waals surface area (Å²) in [4.78, 5) is 30.7. The fraction of sp³-hybridized carbons (Fsp3) is 0. The number of H-pyrrole nitrogens is 2. The molecule has 0 atom stereocenters. The zero-order chi connectivity index (χ0) is 17.4. The van der Waals surface area contributed by atoms with E-state index in [2.05, 4.69) is 25.5 Å². The lowest BCUT2D eigenvalue weighted by Crippen LogP contribution is -2.12. The van der Waals surface area contributed by atoms with E-state index in [1.807, 2.05) is 24.3 Å². The standard InChI is InChI=1S/C16H12N6O2S/c17-14(23)11-5-8(6-18-11)12-7-25-16(19-12)20-15(24)13-9-3-1-2-4-10(9)21-22-13/h1-7,18H,(H2,17,23)(H,21,22)(H,19,20,24). The van der Waals surface area contributed by atoms with E-state index < -0.39 is 5.91 Å².